The summed E-state index contributed by atoms with van der Waals surface area (Å²) in [4.78, 5) is 12.6. The van der Waals surface area contributed by atoms with Crippen molar-refractivity contribution in [3.63, 3.8) is 0 Å². The van der Waals surface area contributed by atoms with Crippen LogP contribution in [-0.2, 0) is 14.8 Å². The van der Waals surface area contributed by atoms with E-state index in [0.29, 0.717) is 10.6 Å². The zero-order valence-corrected chi connectivity index (χ0v) is 17.3. The fourth-order valence-corrected chi connectivity index (χ4v) is 6.17. The molecular weight excluding hydrogens is 434 g/mol. The van der Waals surface area contributed by atoms with Gasteiger partial charge in [-0.2, -0.15) is 4.72 Å². The Morgan fingerprint density at radius 2 is 1.86 bits per heavy atom. The molecule has 2 unspecified atom stereocenters. The number of nitrogens with one attached hydrogen (secondary N) is 1. The molecule has 0 saturated heterocycles. The number of phenols is 1. The maximum absolute atomic E-state index is 12.9. The van der Waals surface area contributed by atoms with Gasteiger partial charge in [0.05, 0.1) is 0 Å². The molecule has 3 aromatic rings. The van der Waals surface area contributed by atoms with E-state index < -0.39 is 27.4 Å². The van der Waals surface area contributed by atoms with E-state index in [2.05, 4.69) is 4.72 Å². The van der Waals surface area contributed by atoms with E-state index in [9.17, 15) is 23.4 Å². The van der Waals surface area contributed by atoms with E-state index in [1.54, 1.807) is 42.5 Å². The molecule has 2 aromatic carbocycles. The van der Waals surface area contributed by atoms with Gasteiger partial charge in [0.25, 0.3) is 10.0 Å². The van der Waals surface area contributed by atoms with Gasteiger partial charge in [0, 0.05) is 15.8 Å². The fraction of sp³-hybridized carbons (Fsp3) is 0.150. The molecule has 0 spiro atoms. The lowest BCUT2D eigenvalue weighted by molar-refractivity contribution is -0.140. The molecule has 6 nitrogen and oxygen atoms in total. The third-order valence-corrected chi connectivity index (χ3v) is 8.29. The molecule has 0 amide bonds. The number of halogens is 1. The van der Waals surface area contributed by atoms with Crippen LogP contribution in [0.1, 0.15) is 17.9 Å². The summed E-state index contributed by atoms with van der Waals surface area (Å²) in [6.07, 6.45) is 0.112. The molecule has 1 saturated carbocycles. The largest absolute Gasteiger partial charge is 0.508 e. The second kappa shape index (κ2) is 7.14. The third-order valence-electron chi connectivity index (χ3n) is 4.91. The number of benzene rings is 2. The van der Waals surface area contributed by atoms with Crippen LogP contribution in [-0.4, -0.2) is 30.1 Å². The van der Waals surface area contributed by atoms with Crippen LogP contribution in [0.4, 0.5) is 0 Å². The van der Waals surface area contributed by atoms with Crippen molar-refractivity contribution in [3.05, 3.63) is 71.2 Å². The average molecular weight is 450 g/mol. The summed E-state index contributed by atoms with van der Waals surface area (Å²) in [5.41, 5.74) is -0.238. The Balaban J connectivity index is 1.61. The summed E-state index contributed by atoms with van der Waals surface area (Å²) in [5.74, 6) is -1.80. The molecule has 0 radical (unpaired) electrons. The smallest absolute Gasteiger partial charge is 0.325 e. The van der Waals surface area contributed by atoms with Gasteiger partial charge in [-0.1, -0.05) is 35.9 Å². The first kappa shape index (κ1) is 19.9. The van der Waals surface area contributed by atoms with Crippen molar-refractivity contribution in [2.24, 2.45) is 0 Å². The van der Waals surface area contributed by atoms with Gasteiger partial charge in [-0.3, -0.25) is 4.79 Å². The van der Waals surface area contributed by atoms with Crippen molar-refractivity contribution >= 4 is 38.9 Å². The molecular formula is C20H16ClNO5S2. The summed E-state index contributed by atoms with van der Waals surface area (Å²) in [6.45, 7) is 0. The van der Waals surface area contributed by atoms with Crippen molar-refractivity contribution in [1.29, 1.82) is 0 Å². The summed E-state index contributed by atoms with van der Waals surface area (Å²) in [6, 6.07) is 16.3. The van der Waals surface area contributed by atoms with Crippen molar-refractivity contribution in [2.75, 3.05) is 0 Å². The van der Waals surface area contributed by atoms with Crippen LogP contribution in [0.3, 0.4) is 0 Å². The van der Waals surface area contributed by atoms with Crippen LogP contribution < -0.4 is 4.72 Å². The van der Waals surface area contributed by atoms with Crippen LogP contribution in [0, 0.1) is 0 Å². The minimum absolute atomic E-state index is 0.00223. The third kappa shape index (κ3) is 3.76. The van der Waals surface area contributed by atoms with Gasteiger partial charge in [0.2, 0.25) is 0 Å². The average Bonchev–Trinajstić information content (AvgIpc) is 3.16. The zero-order valence-electron chi connectivity index (χ0n) is 14.9. The summed E-state index contributed by atoms with van der Waals surface area (Å²) >= 11 is 6.94. The molecule has 2 atom stereocenters. The first-order valence-corrected chi connectivity index (χ1v) is 11.3. The predicted molar refractivity (Wildman–Crippen MR) is 111 cm³/mol. The molecule has 0 bridgehead atoms. The molecule has 1 heterocycles. The predicted octanol–water partition coefficient (Wildman–Crippen LogP) is 4.06. The number of carboxylic acids is 1. The molecule has 150 valence electrons. The quantitative estimate of drug-likeness (QED) is 0.526. The Morgan fingerprint density at radius 1 is 1.14 bits per heavy atom. The SMILES string of the molecule is O=C(O)C1(NS(=O)(=O)c2ccc(-c3ccc(Cl)cc3)s2)CC1c1cccc(O)c1. The minimum atomic E-state index is -4.05. The zero-order chi connectivity index (χ0) is 20.8. The van der Waals surface area contributed by atoms with Gasteiger partial charge >= 0.3 is 5.97 Å². The lowest BCUT2D eigenvalue weighted by Gasteiger charge is -2.14. The van der Waals surface area contributed by atoms with Crippen LogP contribution in [0.15, 0.2) is 64.9 Å². The Morgan fingerprint density at radius 3 is 2.52 bits per heavy atom. The van der Waals surface area contributed by atoms with Crippen LogP contribution >= 0.6 is 22.9 Å². The lowest BCUT2D eigenvalue weighted by Crippen LogP contribution is -2.44. The highest BCUT2D eigenvalue weighted by Crippen LogP contribution is 2.53. The Kier molecular flexibility index (Phi) is 4.90. The van der Waals surface area contributed by atoms with Gasteiger partial charge < -0.3 is 10.2 Å². The molecule has 9 heteroatoms. The first-order valence-electron chi connectivity index (χ1n) is 8.63. The van der Waals surface area contributed by atoms with Gasteiger partial charge in [0.1, 0.15) is 15.5 Å². The van der Waals surface area contributed by atoms with Gasteiger partial charge in [-0.25, -0.2) is 8.42 Å². The number of thiophene rings is 1. The number of carbonyl (C=O) groups is 1. The van der Waals surface area contributed by atoms with Gasteiger partial charge in [0.15, 0.2) is 0 Å². The van der Waals surface area contributed by atoms with Gasteiger partial charge in [-0.15, -0.1) is 11.3 Å². The number of carboxylic acid groups (broad SMARTS) is 1. The number of phenolic OH excluding ortho intramolecular Hbond substituents is 1. The first-order chi connectivity index (χ1) is 13.7. The van der Waals surface area contributed by atoms with E-state index in [1.165, 1.54) is 18.2 Å². The second-order valence-corrected chi connectivity index (χ2v) is 10.3. The maximum Gasteiger partial charge on any atom is 0.325 e. The number of sulfonamides is 1. The van der Waals surface area contributed by atoms with Crippen LogP contribution in [0.5, 0.6) is 5.75 Å². The lowest BCUT2D eigenvalue weighted by atomic mass is 10.1. The van der Waals surface area contributed by atoms with Gasteiger partial charge in [-0.05, 0) is 53.9 Å². The van der Waals surface area contributed by atoms with Crippen LogP contribution in [0.2, 0.25) is 5.02 Å². The highest BCUT2D eigenvalue weighted by atomic mass is 35.5. The number of hydrogen-bond donors (Lipinski definition) is 3. The number of aromatic hydroxyl groups is 1. The van der Waals surface area contributed by atoms with E-state index in [1.807, 2.05) is 0 Å². The summed E-state index contributed by atoms with van der Waals surface area (Å²) in [7, 11) is -4.05. The van der Waals surface area contributed by atoms with E-state index >= 15 is 0 Å². The molecule has 1 aliphatic rings. The number of rotatable bonds is 6. The van der Waals surface area contributed by atoms with Crippen molar-refractivity contribution < 1.29 is 23.4 Å². The number of hydrogen-bond acceptors (Lipinski definition) is 5. The van der Waals surface area contributed by atoms with E-state index in [4.69, 9.17) is 11.6 Å². The number of aliphatic carboxylic acids is 1. The highest BCUT2D eigenvalue weighted by molar-refractivity contribution is 7.91. The molecule has 1 aromatic heterocycles. The summed E-state index contributed by atoms with van der Waals surface area (Å²) < 4.78 is 28.2. The monoisotopic (exact) mass is 449 g/mol. The van der Waals surface area contributed by atoms with Crippen molar-refractivity contribution in [3.8, 4) is 16.2 Å². The topological polar surface area (TPSA) is 104 Å². The van der Waals surface area contributed by atoms with E-state index in [-0.39, 0.29) is 16.4 Å². The molecule has 29 heavy (non-hydrogen) atoms. The maximum atomic E-state index is 12.9. The molecule has 1 aliphatic carbocycles. The van der Waals surface area contributed by atoms with E-state index in [0.717, 1.165) is 21.8 Å². The fourth-order valence-electron chi connectivity index (χ4n) is 3.32. The second-order valence-electron chi connectivity index (χ2n) is 6.86. The standard InChI is InChI=1S/C20H16ClNO5S2/c21-14-6-4-12(5-7-14)17-8-9-18(28-17)29(26,27)22-20(19(24)25)11-16(20)13-2-1-3-15(23)10-13/h1-10,16,22-23H,11H2,(H,24,25). The highest BCUT2D eigenvalue weighted by Gasteiger charge is 2.63. The normalized spacial score (nSPS) is 21.1. The Hall–Kier alpha value is -2.39. The summed E-state index contributed by atoms with van der Waals surface area (Å²) in [5, 5.41) is 19.9. The molecule has 4 rings (SSSR count). The molecule has 3 N–H and O–H groups in total. The van der Waals surface area contributed by atoms with Crippen LogP contribution in [0.25, 0.3) is 10.4 Å². The van der Waals surface area contributed by atoms with Crippen molar-refractivity contribution in [1.82, 2.24) is 4.72 Å². The Bertz CT molecular complexity index is 1190. The molecule has 1 fully saturated rings. The minimum Gasteiger partial charge on any atom is -0.508 e. The molecule has 0 aliphatic heterocycles. The van der Waals surface area contributed by atoms with Crippen molar-refractivity contribution in [2.45, 2.75) is 22.1 Å². The Labute approximate surface area is 176 Å².